The SMILES string of the molecule is FC(F)COC1CCc2ccccc2NC1. The van der Waals surface area contributed by atoms with E-state index in [-0.39, 0.29) is 6.10 Å². The zero-order valence-corrected chi connectivity index (χ0v) is 8.96. The Balaban J connectivity index is 1.92. The molecule has 1 atom stereocenters. The number of hydrogen-bond acceptors (Lipinski definition) is 2. The highest BCUT2D eigenvalue weighted by Gasteiger charge is 2.17. The molecule has 0 saturated carbocycles. The summed E-state index contributed by atoms with van der Waals surface area (Å²) in [6, 6.07) is 8.01. The highest BCUT2D eigenvalue weighted by Crippen LogP contribution is 2.21. The predicted molar refractivity (Wildman–Crippen MR) is 59.0 cm³/mol. The third-order valence-corrected chi connectivity index (χ3v) is 2.73. The van der Waals surface area contributed by atoms with Gasteiger partial charge in [0.15, 0.2) is 0 Å². The lowest BCUT2D eigenvalue weighted by atomic mass is 10.1. The first-order valence-corrected chi connectivity index (χ1v) is 5.47. The van der Waals surface area contributed by atoms with Crippen molar-refractivity contribution >= 4 is 5.69 Å². The Morgan fingerprint density at radius 1 is 1.38 bits per heavy atom. The molecule has 0 aliphatic carbocycles. The molecule has 88 valence electrons. The van der Waals surface area contributed by atoms with Crippen molar-refractivity contribution in [1.29, 1.82) is 0 Å². The van der Waals surface area contributed by atoms with Gasteiger partial charge < -0.3 is 10.1 Å². The molecule has 1 aromatic rings. The molecule has 1 heterocycles. The average molecular weight is 227 g/mol. The molecule has 0 saturated heterocycles. The summed E-state index contributed by atoms with van der Waals surface area (Å²) in [6.45, 7) is 0.131. The maximum atomic E-state index is 12.0. The number of para-hydroxylation sites is 1. The second kappa shape index (κ2) is 5.25. The molecule has 0 aromatic heterocycles. The van der Waals surface area contributed by atoms with Crippen LogP contribution in [0.2, 0.25) is 0 Å². The van der Waals surface area contributed by atoms with Gasteiger partial charge in [0.1, 0.15) is 6.61 Å². The Bertz CT molecular complexity index is 317. The van der Waals surface area contributed by atoms with E-state index in [2.05, 4.69) is 11.4 Å². The van der Waals surface area contributed by atoms with Crippen molar-refractivity contribution in [2.75, 3.05) is 18.5 Å². The molecule has 2 nitrogen and oxygen atoms in total. The van der Waals surface area contributed by atoms with Crippen molar-refractivity contribution in [2.24, 2.45) is 0 Å². The number of fused-ring (bicyclic) bond motifs is 1. The molecule has 4 heteroatoms. The van der Waals surface area contributed by atoms with E-state index in [0.717, 1.165) is 18.5 Å². The van der Waals surface area contributed by atoms with Crippen LogP contribution in [-0.4, -0.2) is 25.7 Å². The van der Waals surface area contributed by atoms with Crippen LogP contribution in [0.4, 0.5) is 14.5 Å². The first-order valence-electron chi connectivity index (χ1n) is 5.47. The van der Waals surface area contributed by atoms with E-state index >= 15 is 0 Å². The molecular formula is C12H15F2NO. The monoisotopic (exact) mass is 227 g/mol. The zero-order valence-electron chi connectivity index (χ0n) is 8.96. The molecule has 1 aliphatic heterocycles. The summed E-state index contributed by atoms with van der Waals surface area (Å²) in [5, 5.41) is 3.23. The number of rotatable bonds is 3. The number of alkyl halides is 2. The summed E-state index contributed by atoms with van der Waals surface area (Å²) in [7, 11) is 0. The number of aryl methyl sites for hydroxylation is 1. The lowest BCUT2D eigenvalue weighted by molar-refractivity contribution is -0.0211. The zero-order chi connectivity index (χ0) is 11.4. The Hall–Kier alpha value is -1.16. The van der Waals surface area contributed by atoms with Gasteiger partial charge in [-0.05, 0) is 24.5 Å². The van der Waals surface area contributed by atoms with E-state index in [4.69, 9.17) is 4.74 Å². The van der Waals surface area contributed by atoms with Crippen molar-refractivity contribution in [3.05, 3.63) is 29.8 Å². The highest BCUT2D eigenvalue weighted by atomic mass is 19.3. The molecule has 1 aliphatic rings. The van der Waals surface area contributed by atoms with Crippen LogP contribution in [-0.2, 0) is 11.2 Å². The fourth-order valence-corrected chi connectivity index (χ4v) is 1.90. The smallest absolute Gasteiger partial charge is 0.261 e. The Morgan fingerprint density at radius 2 is 2.19 bits per heavy atom. The maximum absolute atomic E-state index is 12.0. The van der Waals surface area contributed by atoms with Gasteiger partial charge in [-0.2, -0.15) is 0 Å². The standard InChI is InChI=1S/C12H15F2NO/c13-12(14)8-16-10-6-5-9-3-1-2-4-11(9)15-7-10/h1-4,10,12,15H,5-8H2. The summed E-state index contributed by atoms with van der Waals surface area (Å²) in [6.07, 6.45) is -0.847. The number of benzene rings is 1. The van der Waals surface area contributed by atoms with Crippen molar-refractivity contribution < 1.29 is 13.5 Å². The molecular weight excluding hydrogens is 212 g/mol. The van der Waals surface area contributed by atoms with Crippen LogP contribution in [0, 0.1) is 0 Å². The largest absolute Gasteiger partial charge is 0.382 e. The Labute approximate surface area is 93.6 Å². The van der Waals surface area contributed by atoms with E-state index in [1.54, 1.807) is 0 Å². The van der Waals surface area contributed by atoms with Crippen molar-refractivity contribution in [2.45, 2.75) is 25.4 Å². The summed E-state index contributed by atoms with van der Waals surface area (Å²) >= 11 is 0. The van der Waals surface area contributed by atoms with Crippen molar-refractivity contribution in [3.63, 3.8) is 0 Å². The lowest BCUT2D eigenvalue weighted by Gasteiger charge is -2.15. The molecule has 2 rings (SSSR count). The van der Waals surface area contributed by atoms with Gasteiger partial charge in [-0.1, -0.05) is 18.2 Å². The Morgan fingerprint density at radius 3 is 3.00 bits per heavy atom. The summed E-state index contributed by atoms with van der Waals surface area (Å²) in [5.74, 6) is 0. The van der Waals surface area contributed by atoms with Gasteiger partial charge in [-0.15, -0.1) is 0 Å². The second-order valence-corrected chi connectivity index (χ2v) is 3.92. The number of nitrogens with one attached hydrogen (secondary N) is 1. The quantitative estimate of drug-likeness (QED) is 0.857. The molecule has 0 fully saturated rings. The van der Waals surface area contributed by atoms with E-state index in [0.29, 0.717) is 6.54 Å². The minimum absolute atomic E-state index is 0.124. The van der Waals surface area contributed by atoms with Gasteiger partial charge in [0.25, 0.3) is 6.43 Å². The topological polar surface area (TPSA) is 21.3 Å². The van der Waals surface area contributed by atoms with Gasteiger partial charge in [-0.3, -0.25) is 0 Å². The van der Waals surface area contributed by atoms with E-state index < -0.39 is 13.0 Å². The summed E-state index contributed by atoms with van der Waals surface area (Å²) < 4.78 is 29.2. The first kappa shape index (κ1) is 11.3. The molecule has 1 unspecified atom stereocenters. The third-order valence-electron chi connectivity index (χ3n) is 2.73. The second-order valence-electron chi connectivity index (χ2n) is 3.92. The van der Waals surface area contributed by atoms with Crippen molar-refractivity contribution in [1.82, 2.24) is 0 Å². The number of anilines is 1. The van der Waals surface area contributed by atoms with Gasteiger partial charge >= 0.3 is 0 Å². The maximum Gasteiger partial charge on any atom is 0.261 e. The Kier molecular flexibility index (Phi) is 3.72. The first-order chi connectivity index (χ1) is 7.75. The van der Waals surface area contributed by atoms with E-state index in [1.165, 1.54) is 5.56 Å². The average Bonchev–Trinajstić information content (AvgIpc) is 2.49. The number of hydrogen-bond donors (Lipinski definition) is 1. The van der Waals surface area contributed by atoms with Crippen molar-refractivity contribution in [3.8, 4) is 0 Å². The molecule has 0 radical (unpaired) electrons. The minimum Gasteiger partial charge on any atom is -0.382 e. The number of ether oxygens (including phenoxy) is 1. The summed E-state index contributed by atoms with van der Waals surface area (Å²) in [5.41, 5.74) is 2.32. The van der Waals surface area contributed by atoms with Crippen LogP contribution in [0.5, 0.6) is 0 Å². The van der Waals surface area contributed by atoms with Crippen LogP contribution < -0.4 is 5.32 Å². The van der Waals surface area contributed by atoms with E-state index in [9.17, 15) is 8.78 Å². The normalized spacial score (nSPS) is 20.1. The van der Waals surface area contributed by atoms with Gasteiger partial charge in [0.05, 0.1) is 6.10 Å². The predicted octanol–water partition coefficient (Wildman–Crippen LogP) is 2.70. The van der Waals surface area contributed by atoms with Gasteiger partial charge in [0, 0.05) is 12.2 Å². The fourth-order valence-electron chi connectivity index (χ4n) is 1.90. The highest BCUT2D eigenvalue weighted by molar-refractivity contribution is 5.51. The molecule has 0 spiro atoms. The summed E-state index contributed by atoms with van der Waals surface area (Å²) in [4.78, 5) is 0. The fraction of sp³-hybridized carbons (Fsp3) is 0.500. The third kappa shape index (κ3) is 2.92. The molecule has 1 aromatic carbocycles. The lowest BCUT2D eigenvalue weighted by Crippen LogP contribution is -2.24. The minimum atomic E-state index is -2.38. The molecule has 0 amide bonds. The molecule has 1 N–H and O–H groups in total. The molecule has 0 bridgehead atoms. The van der Waals surface area contributed by atoms with Crippen LogP contribution in [0.1, 0.15) is 12.0 Å². The van der Waals surface area contributed by atoms with Gasteiger partial charge in [-0.25, -0.2) is 8.78 Å². The van der Waals surface area contributed by atoms with Crippen LogP contribution >= 0.6 is 0 Å². The van der Waals surface area contributed by atoms with Crippen LogP contribution in [0.15, 0.2) is 24.3 Å². The van der Waals surface area contributed by atoms with Gasteiger partial charge in [0.2, 0.25) is 0 Å². The molecule has 16 heavy (non-hydrogen) atoms. The number of halogens is 2. The van der Waals surface area contributed by atoms with E-state index in [1.807, 2.05) is 18.2 Å². The van der Waals surface area contributed by atoms with Crippen LogP contribution in [0.3, 0.4) is 0 Å². The van der Waals surface area contributed by atoms with Crippen LogP contribution in [0.25, 0.3) is 0 Å².